The number of likely N-dealkylation sites (N-methyl/N-ethyl adjacent to an activating group) is 1. The number of hydrogen-bond acceptors (Lipinski definition) is 2. The van der Waals surface area contributed by atoms with Crippen LogP contribution in [0.2, 0.25) is 0 Å². The molecule has 0 bridgehead atoms. The quantitative estimate of drug-likeness (QED) is 0.773. The SMILES string of the molecule is CCNCC(COC)c1cccc(C)c1. The standard InChI is InChI=1S/C13H21NO/c1-4-14-9-13(10-15-3)12-7-5-6-11(2)8-12/h5-8,13-14H,4,9-10H2,1-3H3. The molecule has 1 unspecified atom stereocenters. The Labute approximate surface area is 92.6 Å². The first-order valence-electron chi connectivity index (χ1n) is 5.54. The summed E-state index contributed by atoms with van der Waals surface area (Å²) in [4.78, 5) is 0. The van der Waals surface area contributed by atoms with Crippen molar-refractivity contribution in [3.05, 3.63) is 35.4 Å². The molecule has 84 valence electrons. The molecule has 0 radical (unpaired) electrons. The highest BCUT2D eigenvalue weighted by Crippen LogP contribution is 2.16. The van der Waals surface area contributed by atoms with E-state index >= 15 is 0 Å². The van der Waals surface area contributed by atoms with Gasteiger partial charge >= 0.3 is 0 Å². The van der Waals surface area contributed by atoms with Gasteiger partial charge in [0.25, 0.3) is 0 Å². The maximum absolute atomic E-state index is 5.26. The van der Waals surface area contributed by atoms with E-state index in [-0.39, 0.29) is 0 Å². The summed E-state index contributed by atoms with van der Waals surface area (Å²) in [5.74, 6) is 0.454. The molecule has 0 amide bonds. The monoisotopic (exact) mass is 207 g/mol. The highest BCUT2D eigenvalue weighted by molar-refractivity contribution is 5.25. The predicted molar refractivity (Wildman–Crippen MR) is 64.3 cm³/mol. The summed E-state index contributed by atoms with van der Waals surface area (Å²) < 4.78 is 5.26. The zero-order valence-electron chi connectivity index (χ0n) is 9.92. The van der Waals surface area contributed by atoms with Gasteiger partial charge < -0.3 is 10.1 Å². The van der Waals surface area contributed by atoms with Gasteiger partial charge in [0.2, 0.25) is 0 Å². The Hall–Kier alpha value is -0.860. The molecule has 2 nitrogen and oxygen atoms in total. The van der Waals surface area contributed by atoms with Crippen LogP contribution in [-0.4, -0.2) is 26.8 Å². The number of ether oxygens (including phenoxy) is 1. The first kappa shape index (κ1) is 12.2. The van der Waals surface area contributed by atoms with Crippen molar-refractivity contribution >= 4 is 0 Å². The van der Waals surface area contributed by atoms with Gasteiger partial charge in [-0.1, -0.05) is 36.8 Å². The zero-order valence-corrected chi connectivity index (χ0v) is 9.92. The fourth-order valence-corrected chi connectivity index (χ4v) is 1.72. The molecule has 0 saturated carbocycles. The highest BCUT2D eigenvalue weighted by Gasteiger charge is 2.10. The minimum absolute atomic E-state index is 0.454. The fraction of sp³-hybridized carbons (Fsp3) is 0.538. The maximum atomic E-state index is 5.26. The van der Waals surface area contributed by atoms with Gasteiger partial charge in [-0.15, -0.1) is 0 Å². The van der Waals surface area contributed by atoms with Crippen LogP contribution in [0.4, 0.5) is 0 Å². The number of methoxy groups -OCH3 is 1. The second-order valence-corrected chi connectivity index (χ2v) is 3.87. The first-order chi connectivity index (χ1) is 7.27. The summed E-state index contributed by atoms with van der Waals surface area (Å²) in [6.07, 6.45) is 0. The maximum Gasteiger partial charge on any atom is 0.0543 e. The Bertz CT molecular complexity index is 286. The van der Waals surface area contributed by atoms with Crippen molar-refractivity contribution in [1.82, 2.24) is 5.32 Å². The Balaban J connectivity index is 2.69. The minimum Gasteiger partial charge on any atom is -0.384 e. The van der Waals surface area contributed by atoms with Crippen LogP contribution in [0.3, 0.4) is 0 Å². The van der Waals surface area contributed by atoms with Gasteiger partial charge in [-0.3, -0.25) is 0 Å². The molecule has 1 aromatic rings. The smallest absolute Gasteiger partial charge is 0.0543 e. The topological polar surface area (TPSA) is 21.3 Å². The summed E-state index contributed by atoms with van der Waals surface area (Å²) in [6, 6.07) is 8.65. The van der Waals surface area contributed by atoms with E-state index in [1.54, 1.807) is 7.11 Å². The zero-order chi connectivity index (χ0) is 11.1. The third-order valence-electron chi connectivity index (χ3n) is 2.52. The summed E-state index contributed by atoms with van der Waals surface area (Å²) in [5.41, 5.74) is 2.67. The molecule has 1 atom stereocenters. The third kappa shape index (κ3) is 4.02. The molecule has 0 aromatic heterocycles. The Morgan fingerprint density at radius 3 is 2.80 bits per heavy atom. The van der Waals surface area contributed by atoms with Crippen molar-refractivity contribution < 1.29 is 4.74 Å². The molecule has 1 aromatic carbocycles. The molecule has 0 aliphatic rings. The lowest BCUT2D eigenvalue weighted by molar-refractivity contribution is 0.178. The second-order valence-electron chi connectivity index (χ2n) is 3.87. The predicted octanol–water partition coefficient (Wildman–Crippen LogP) is 2.33. The van der Waals surface area contributed by atoms with Gasteiger partial charge in [0.1, 0.15) is 0 Å². The number of benzene rings is 1. The van der Waals surface area contributed by atoms with Gasteiger partial charge in [0, 0.05) is 19.6 Å². The normalized spacial score (nSPS) is 12.7. The van der Waals surface area contributed by atoms with Gasteiger partial charge in [0.05, 0.1) is 6.61 Å². The molecule has 0 spiro atoms. The Morgan fingerprint density at radius 2 is 2.20 bits per heavy atom. The van der Waals surface area contributed by atoms with Crippen LogP contribution in [0.15, 0.2) is 24.3 Å². The average molecular weight is 207 g/mol. The van der Waals surface area contributed by atoms with Crippen LogP contribution in [0, 0.1) is 6.92 Å². The van der Waals surface area contributed by atoms with Gasteiger partial charge in [-0.25, -0.2) is 0 Å². The lowest BCUT2D eigenvalue weighted by Crippen LogP contribution is -2.24. The number of hydrogen-bond donors (Lipinski definition) is 1. The first-order valence-corrected chi connectivity index (χ1v) is 5.54. The van der Waals surface area contributed by atoms with Crippen LogP contribution in [-0.2, 0) is 4.74 Å². The molecule has 0 aliphatic carbocycles. The van der Waals surface area contributed by atoms with Crippen molar-refractivity contribution in [3.63, 3.8) is 0 Å². The third-order valence-corrected chi connectivity index (χ3v) is 2.52. The Morgan fingerprint density at radius 1 is 1.40 bits per heavy atom. The van der Waals surface area contributed by atoms with Crippen molar-refractivity contribution in [2.24, 2.45) is 0 Å². The van der Waals surface area contributed by atoms with Crippen molar-refractivity contribution in [1.29, 1.82) is 0 Å². The summed E-state index contributed by atoms with van der Waals surface area (Å²) in [7, 11) is 1.76. The van der Waals surface area contributed by atoms with Crippen molar-refractivity contribution in [2.45, 2.75) is 19.8 Å². The molecule has 0 fully saturated rings. The largest absolute Gasteiger partial charge is 0.384 e. The van der Waals surface area contributed by atoms with E-state index < -0.39 is 0 Å². The molecule has 15 heavy (non-hydrogen) atoms. The van der Waals surface area contributed by atoms with Crippen LogP contribution >= 0.6 is 0 Å². The molecular weight excluding hydrogens is 186 g/mol. The average Bonchev–Trinajstić information content (AvgIpc) is 2.24. The van der Waals surface area contributed by atoms with Gasteiger partial charge in [-0.2, -0.15) is 0 Å². The van der Waals surface area contributed by atoms with E-state index in [0.29, 0.717) is 5.92 Å². The molecule has 1 N–H and O–H groups in total. The number of rotatable bonds is 6. The van der Waals surface area contributed by atoms with Crippen molar-refractivity contribution in [3.8, 4) is 0 Å². The van der Waals surface area contributed by atoms with Gasteiger partial charge in [-0.05, 0) is 19.0 Å². The lowest BCUT2D eigenvalue weighted by atomic mass is 9.98. The molecule has 0 heterocycles. The summed E-state index contributed by atoms with van der Waals surface area (Å²) in [5, 5.41) is 3.37. The van der Waals surface area contributed by atoms with Crippen LogP contribution in [0.5, 0.6) is 0 Å². The van der Waals surface area contributed by atoms with E-state index in [1.807, 2.05) is 0 Å². The summed E-state index contributed by atoms with van der Waals surface area (Å²) in [6.45, 7) is 7.01. The second kappa shape index (κ2) is 6.59. The number of aryl methyl sites for hydroxylation is 1. The molecule has 0 saturated heterocycles. The van der Waals surface area contributed by atoms with Gasteiger partial charge in [0.15, 0.2) is 0 Å². The van der Waals surface area contributed by atoms with Crippen LogP contribution in [0.25, 0.3) is 0 Å². The minimum atomic E-state index is 0.454. The lowest BCUT2D eigenvalue weighted by Gasteiger charge is -2.17. The Kier molecular flexibility index (Phi) is 5.37. The highest BCUT2D eigenvalue weighted by atomic mass is 16.5. The van der Waals surface area contributed by atoms with E-state index in [0.717, 1.165) is 19.7 Å². The van der Waals surface area contributed by atoms with E-state index in [2.05, 4.69) is 43.4 Å². The van der Waals surface area contributed by atoms with Crippen LogP contribution < -0.4 is 5.32 Å². The van der Waals surface area contributed by atoms with E-state index in [1.165, 1.54) is 11.1 Å². The number of nitrogens with one attached hydrogen (secondary N) is 1. The van der Waals surface area contributed by atoms with Crippen molar-refractivity contribution in [2.75, 3.05) is 26.8 Å². The molecule has 2 heteroatoms. The van der Waals surface area contributed by atoms with E-state index in [9.17, 15) is 0 Å². The molecule has 0 aliphatic heterocycles. The van der Waals surface area contributed by atoms with E-state index in [4.69, 9.17) is 4.74 Å². The van der Waals surface area contributed by atoms with Crippen LogP contribution in [0.1, 0.15) is 24.0 Å². The molecular formula is C13H21NO. The summed E-state index contributed by atoms with van der Waals surface area (Å²) >= 11 is 0. The fourth-order valence-electron chi connectivity index (χ4n) is 1.72. The molecule has 1 rings (SSSR count).